The van der Waals surface area contributed by atoms with Gasteiger partial charge in [-0.1, -0.05) is 12.1 Å². The van der Waals surface area contributed by atoms with Crippen molar-refractivity contribution < 1.29 is 32.7 Å². The average Bonchev–Trinajstić information content (AvgIpc) is 4.20. The van der Waals surface area contributed by atoms with Crippen LogP contribution in [-0.4, -0.2) is 125 Å². The summed E-state index contributed by atoms with van der Waals surface area (Å²) in [6, 6.07) is 11.7. The molecule has 6 aromatic rings. The Morgan fingerprint density at radius 1 is 0.985 bits per heavy atom. The van der Waals surface area contributed by atoms with E-state index >= 15 is 0 Å². The monoisotopic (exact) mass is 928 g/mol. The molecule has 68 heavy (non-hydrogen) atoms. The quantitative estimate of drug-likeness (QED) is 0.149. The number of anilines is 2. The molecule has 5 aromatic heterocycles. The van der Waals surface area contributed by atoms with Gasteiger partial charge in [0.1, 0.15) is 23.1 Å². The van der Waals surface area contributed by atoms with Crippen LogP contribution in [0.15, 0.2) is 61.2 Å². The summed E-state index contributed by atoms with van der Waals surface area (Å²) in [5.74, 6) is -0.315. The maximum Gasteiger partial charge on any atom is 0.284 e. The number of hydrogen-bond donors (Lipinski definition) is 2. The number of pyridine rings is 1. The van der Waals surface area contributed by atoms with Crippen LogP contribution in [-0.2, 0) is 25.5 Å². The molecule has 2 bridgehead atoms. The number of imide groups is 1. The van der Waals surface area contributed by atoms with Crippen LogP contribution in [0.3, 0.4) is 0 Å². The van der Waals surface area contributed by atoms with Gasteiger partial charge in [0.2, 0.25) is 17.7 Å². The van der Waals surface area contributed by atoms with E-state index in [-0.39, 0.29) is 58.5 Å². The van der Waals surface area contributed by atoms with Crippen LogP contribution >= 0.6 is 0 Å². The number of aromatic nitrogens is 7. The van der Waals surface area contributed by atoms with Crippen LogP contribution in [0.1, 0.15) is 104 Å². The second-order valence-corrected chi connectivity index (χ2v) is 19.9. The lowest BCUT2D eigenvalue weighted by Crippen LogP contribution is -2.61. The molecule has 1 unspecified atom stereocenters. The van der Waals surface area contributed by atoms with E-state index in [4.69, 9.17) is 9.72 Å². The van der Waals surface area contributed by atoms with E-state index in [1.165, 1.54) is 22.5 Å². The molecule has 2 N–H and O–H groups in total. The van der Waals surface area contributed by atoms with Crippen LogP contribution < -0.4 is 15.5 Å². The van der Waals surface area contributed by atoms with Crippen molar-refractivity contribution in [3.8, 4) is 0 Å². The number of nitrogens with one attached hydrogen (secondary N) is 2. The number of ether oxygens (including phenoxy) is 1. The fraction of sp³-hybridized carbons (Fsp3) is 0.510. The number of amides is 4. The second kappa shape index (κ2) is 17.0. The number of benzene rings is 1. The average molecular weight is 929 g/mol. The van der Waals surface area contributed by atoms with Gasteiger partial charge in [-0.25, -0.2) is 23.3 Å². The molecule has 1 spiro atoms. The number of alkyl halides is 2. The highest BCUT2D eigenvalue weighted by Crippen LogP contribution is 2.43. The minimum absolute atomic E-state index is 0.0483. The zero-order valence-electron chi connectivity index (χ0n) is 37.7. The van der Waals surface area contributed by atoms with E-state index in [9.17, 15) is 28.0 Å². The van der Waals surface area contributed by atoms with Gasteiger partial charge in [-0.2, -0.15) is 10.2 Å². The number of carbonyl (C=O) groups excluding carboxylic acids is 4. The number of fused-ring (bicyclic) bond motifs is 6. The van der Waals surface area contributed by atoms with Crippen LogP contribution in [0.4, 0.5) is 20.3 Å². The van der Waals surface area contributed by atoms with E-state index in [1.807, 2.05) is 33.7 Å². The summed E-state index contributed by atoms with van der Waals surface area (Å²) in [5.41, 5.74) is 3.16. The molecule has 12 rings (SSSR count). The van der Waals surface area contributed by atoms with Gasteiger partial charge in [-0.15, -0.1) is 0 Å². The van der Waals surface area contributed by atoms with Crippen molar-refractivity contribution in [1.29, 1.82) is 0 Å². The zero-order valence-corrected chi connectivity index (χ0v) is 37.7. The molecule has 19 heteroatoms. The maximum atomic E-state index is 14.4. The van der Waals surface area contributed by atoms with Gasteiger partial charge in [0.15, 0.2) is 11.3 Å². The van der Waals surface area contributed by atoms with Gasteiger partial charge in [0, 0.05) is 74.4 Å². The number of piperidine rings is 2. The van der Waals surface area contributed by atoms with Gasteiger partial charge in [-0.3, -0.25) is 29.2 Å². The van der Waals surface area contributed by atoms with Crippen molar-refractivity contribution in [2.75, 3.05) is 56.1 Å². The van der Waals surface area contributed by atoms with Gasteiger partial charge in [0.05, 0.1) is 42.2 Å². The Labute approximate surface area is 390 Å². The van der Waals surface area contributed by atoms with Crippen molar-refractivity contribution in [3.05, 3.63) is 78.0 Å². The van der Waals surface area contributed by atoms with Gasteiger partial charge < -0.3 is 29.3 Å². The number of morpholine rings is 1. The topological polar surface area (TPSA) is 177 Å². The first-order valence-electron chi connectivity index (χ1n) is 24.2. The molecule has 10 heterocycles. The first-order chi connectivity index (χ1) is 33.1. The number of likely N-dealkylation sites (tertiary alicyclic amines) is 2. The Hall–Kier alpha value is -6.34. The van der Waals surface area contributed by atoms with E-state index in [0.29, 0.717) is 50.8 Å². The Kier molecular flexibility index (Phi) is 10.8. The van der Waals surface area contributed by atoms with Crippen molar-refractivity contribution in [2.45, 2.75) is 101 Å². The van der Waals surface area contributed by atoms with Crippen LogP contribution in [0.25, 0.3) is 27.6 Å². The summed E-state index contributed by atoms with van der Waals surface area (Å²) in [6.45, 7) is 5.90. The van der Waals surface area contributed by atoms with Crippen molar-refractivity contribution in [2.24, 2.45) is 11.3 Å². The minimum atomic E-state index is -2.90. The lowest BCUT2D eigenvalue weighted by atomic mass is 9.71. The standard InChI is InChI=1S/C49H54F2N12O5/c50-43(51)42-36(54-46(65)35-23-53-61-19-14-39(55-45(35)61)60-24-33-22-32(60)26-68-33)25-62(57-42)31-10-8-30(9-11-31)48(67)59-20-15-49(16-21-59)27-58(28-49)18-3-5-29-4-1-7-37-41(29)34-6-2-17-52-44(34)63(37)38-12-13-40(64)56-47(38)66/h1-2,4,6-7,14,17,19,23,25,30-33,38,43H,3,5,8-13,15-16,18,20-22,24,26-28H2,(H,54,65)(H,56,64,66)/t30?,31?,32-,33-,38?/m1/s1. The predicted molar refractivity (Wildman–Crippen MR) is 246 cm³/mol. The molecule has 354 valence electrons. The number of carbonyl (C=O) groups is 4. The fourth-order valence-electron chi connectivity index (χ4n) is 12.3. The third kappa shape index (κ3) is 7.57. The Balaban J connectivity index is 0.622. The van der Waals surface area contributed by atoms with E-state index in [1.54, 1.807) is 17.1 Å². The smallest absolute Gasteiger partial charge is 0.284 e. The number of rotatable bonds is 11. The largest absolute Gasteiger partial charge is 0.374 e. The molecule has 6 aliphatic rings. The molecule has 5 saturated heterocycles. The van der Waals surface area contributed by atoms with Gasteiger partial charge >= 0.3 is 0 Å². The number of nitrogens with zero attached hydrogens (tertiary/aromatic N) is 10. The summed E-state index contributed by atoms with van der Waals surface area (Å²) >= 11 is 0. The highest BCUT2D eigenvalue weighted by Gasteiger charge is 2.46. The molecular formula is C49H54F2N12O5. The molecule has 3 atom stereocenters. The van der Waals surface area contributed by atoms with Crippen LogP contribution in [0.5, 0.6) is 0 Å². The highest BCUT2D eigenvalue weighted by molar-refractivity contribution is 6.10. The number of halogens is 2. The minimum Gasteiger partial charge on any atom is -0.374 e. The fourth-order valence-corrected chi connectivity index (χ4v) is 12.3. The Morgan fingerprint density at radius 3 is 2.59 bits per heavy atom. The maximum absolute atomic E-state index is 14.4. The lowest BCUT2D eigenvalue weighted by molar-refractivity contribution is -0.142. The molecule has 5 aliphatic heterocycles. The first-order valence-corrected chi connectivity index (χ1v) is 24.2. The molecule has 17 nitrogen and oxygen atoms in total. The van der Waals surface area contributed by atoms with Crippen molar-refractivity contribution >= 4 is 62.7 Å². The summed E-state index contributed by atoms with van der Waals surface area (Å²) in [5, 5.41) is 15.9. The van der Waals surface area contributed by atoms with E-state index in [2.05, 4.69) is 47.7 Å². The van der Waals surface area contributed by atoms with Crippen LogP contribution in [0, 0.1) is 11.3 Å². The summed E-state index contributed by atoms with van der Waals surface area (Å²) in [4.78, 5) is 68.5. The van der Waals surface area contributed by atoms with Crippen molar-refractivity contribution in [1.82, 2.24) is 49.0 Å². The molecule has 1 aromatic carbocycles. The molecule has 0 radical (unpaired) electrons. The third-order valence-electron chi connectivity index (χ3n) is 15.8. The lowest BCUT2D eigenvalue weighted by Gasteiger charge is -2.54. The number of hydrogen-bond acceptors (Lipinski definition) is 11. The van der Waals surface area contributed by atoms with E-state index in [0.717, 1.165) is 99.1 Å². The molecule has 6 fully saturated rings. The van der Waals surface area contributed by atoms with E-state index < -0.39 is 24.1 Å². The summed E-state index contributed by atoms with van der Waals surface area (Å²) in [6.07, 6.45) is 11.7. The summed E-state index contributed by atoms with van der Waals surface area (Å²) in [7, 11) is 0. The molecule has 1 aliphatic carbocycles. The summed E-state index contributed by atoms with van der Waals surface area (Å²) < 4.78 is 39.5. The van der Waals surface area contributed by atoms with Crippen molar-refractivity contribution in [3.63, 3.8) is 0 Å². The van der Waals surface area contributed by atoms with Crippen LogP contribution in [0.2, 0.25) is 0 Å². The highest BCUT2D eigenvalue weighted by atomic mass is 19.3. The molecule has 1 saturated carbocycles. The second-order valence-electron chi connectivity index (χ2n) is 19.9. The van der Waals surface area contributed by atoms with Gasteiger partial charge in [-0.05, 0) is 106 Å². The predicted octanol–water partition coefficient (Wildman–Crippen LogP) is 5.86. The molecule has 4 amide bonds. The Bertz CT molecular complexity index is 2960. The first kappa shape index (κ1) is 43.0. The number of aryl methyl sites for hydroxylation is 1. The van der Waals surface area contributed by atoms with Gasteiger partial charge in [0.25, 0.3) is 12.3 Å². The normalized spacial score (nSPS) is 25.0. The Morgan fingerprint density at radius 2 is 1.82 bits per heavy atom. The zero-order chi connectivity index (χ0) is 46.3. The third-order valence-corrected chi connectivity index (χ3v) is 15.8. The molecular weight excluding hydrogens is 875 g/mol. The SMILES string of the molecule is O=C1CCC(n2c3cccc(CCCN4CC5(CCN(C(=O)C6CCC(n7cc(NC(=O)c8cnn9ccc(N%10C[C@H]%11C[C@@H]%10CO%11)nc89)c(C(F)F)n7)CC6)CC5)C4)c3c3cccnc32)C(=O)N1.